The number of esters is 2. The summed E-state index contributed by atoms with van der Waals surface area (Å²) in [7, 11) is 0. The molecule has 0 spiro atoms. The van der Waals surface area contributed by atoms with Gasteiger partial charge in [-0.3, -0.25) is 9.59 Å². The zero-order valence-corrected chi connectivity index (χ0v) is 16.9. The van der Waals surface area contributed by atoms with Crippen LogP contribution in [0, 0.1) is 20.8 Å². The smallest absolute Gasteiger partial charge is 0.355 e. The number of hydrogen-bond donors (Lipinski definition) is 2. The number of hydrogen-bond acceptors (Lipinski definition) is 6. The molecule has 152 valence electrons. The fourth-order valence-electron chi connectivity index (χ4n) is 3.38. The molecule has 2 heterocycles. The van der Waals surface area contributed by atoms with E-state index in [1.165, 1.54) is 19.9 Å². The third kappa shape index (κ3) is 3.20. The molecule has 0 atom stereocenters. The number of pyridine rings is 2. The molecule has 0 aliphatic rings. The molecule has 0 saturated heterocycles. The molecule has 0 unspecified atom stereocenters. The Morgan fingerprint density at radius 3 is 1.48 bits per heavy atom. The van der Waals surface area contributed by atoms with Crippen molar-refractivity contribution in [1.82, 2.24) is 9.97 Å². The molecule has 0 aliphatic carbocycles. The van der Waals surface area contributed by atoms with E-state index < -0.39 is 11.9 Å². The van der Waals surface area contributed by atoms with Gasteiger partial charge in [-0.25, -0.2) is 9.59 Å². The van der Waals surface area contributed by atoms with Crippen LogP contribution in [-0.4, -0.2) is 35.1 Å². The van der Waals surface area contributed by atoms with E-state index in [0.717, 1.165) is 0 Å². The highest BCUT2D eigenvalue weighted by molar-refractivity contribution is 6.02. The highest BCUT2D eigenvalue weighted by atomic mass is 16.5. The second-order valence-electron chi connectivity index (χ2n) is 6.70. The number of carbonyl (C=O) groups is 2. The zero-order chi connectivity index (χ0) is 21.5. The quantitative estimate of drug-likeness (QED) is 0.515. The van der Waals surface area contributed by atoms with Gasteiger partial charge in [0.05, 0.1) is 24.2 Å². The van der Waals surface area contributed by atoms with Crippen LogP contribution in [0.5, 0.6) is 0 Å². The average Bonchev–Trinajstić information content (AvgIpc) is 2.68. The molecule has 0 fully saturated rings. The van der Waals surface area contributed by atoms with Crippen molar-refractivity contribution < 1.29 is 19.1 Å². The lowest BCUT2D eigenvalue weighted by atomic mass is 10.00. The van der Waals surface area contributed by atoms with Crippen LogP contribution in [-0.2, 0) is 9.47 Å². The van der Waals surface area contributed by atoms with Crippen molar-refractivity contribution in [3.63, 3.8) is 0 Å². The summed E-state index contributed by atoms with van der Waals surface area (Å²) < 4.78 is 10.0. The summed E-state index contributed by atoms with van der Waals surface area (Å²) in [5, 5.41) is 0.573. The maximum atomic E-state index is 12.9. The molecule has 1 aromatic carbocycles. The van der Waals surface area contributed by atoms with Gasteiger partial charge in [0.15, 0.2) is 10.9 Å². The first kappa shape index (κ1) is 20.3. The first-order valence-corrected chi connectivity index (χ1v) is 9.29. The summed E-state index contributed by atoms with van der Waals surface area (Å²) in [5.74, 6) is -1.26. The van der Waals surface area contributed by atoms with Gasteiger partial charge in [0.2, 0.25) is 0 Å². The lowest BCUT2D eigenvalue weighted by Crippen LogP contribution is -2.20. The average molecular weight is 398 g/mol. The minimum atomic E-state index is -0.631. The Morgan fingerprint density at radius 1 is 0.759 bits per heavy atom. The number of nitrogens with one attached hydrogen (secondary N) is 2. The molecule has 3 rings (SSSR count). The van der Waals surface area contributed by atoms with Crippen molar-refractivity contribution in [1.29, 1.82) is 0 Å². The van der Waals surface area contributed by atoms with Crippen LogP contribution in [0.1, 0.15) is 51.5 Å². The Balaban J connectivity index is 2.44. The molecular weight excluding hydrogens is 376 g/mol. The molecule has 3 aromatic rings. The molecule has 0 aliphatic heterocycles. The molecule has 0 amide bonds. The summed E-state index contributed by atoms with van der Waals surface area (Å²) in [6.45, 7) is 8.46. The Hall–Kier alpha value is -3.42. The van der Waals surface area contributed by atoms with Crippen LogP contribution in [0.2, 0.25) is 0 Å². The van der Waals surface area contributed by atoms with Crippen LogP contribution >= 0.6 is 0 Å². The van der Waals surface area contributed by atoms with E-state index in [4.69, 9.17) is 9.47 Å². The second-order valence-corrected chi connectivity index (χ2v) is 6.70. The highest BCUT2D eigenvalue weighted by Crippen LogP contribution is 2.24. The lowest BCUT2D eigenvalue weighted by Gasteiger charge is -2.13. The van der Waals surface area contributed by atoms with Crippen molar-refractivity contribution >= 4 is 33.7 Å². The van der Waals surface area contributed by atoms with Crippen molar-refractivity contribution in [3.05, 3.63) is 54.6 Å². The molecule has 0 saturated carbocycles. The van der Waals surface area contributed by atoms with Gasteiger partial charge in [-0.05, 0) is 46.2 Å². The van der Waals surface area contributed by atoms with Gasteiger partial charge < -0.3 is 19.4 Å². The van der Waals surface area contributed by atoms with Gasteiger partial charge in [0, 0.05) is 21.9 Å². The van der Waals surface area contributed by atoms with Gasteiger partial charge in [-0.15, -0.1) is 0 Å². The van der Waals surface area contributed by atoms with E-state index in [1.807, 2.05) is 0 Å². The van der Waals surface area contributed by atoms with E-state index in [2.05, 4.69) is 9.97 Å². The SMILES string of the molecule is CCOC(=O)c1[nH]c2c(C)c3[nH]c(C(=O)OCC)c(C)c(=O)c3cc2c(=O)c1C. The largest absolute Gasteiger partial charge is 0.461 e. The van der Waals surface area contributed by atoms with E-state index >= 15 is 0 Å². The van der Waals surface area contributed by atoms with Crippen molar-refractivity contribution in [2.75, 3.05) is 13.2 Å². The predicted octanol–water partition coefficient (Wildman–Crippen LogP) is 2.65. The third-order valence-corrected chi connectivity index (χ3v) is 4.96. The minimum Gasteiger partial charge on any atom is -0.461 e. The summed E-state index contributed by atoms with van der Waals surface area (Å²) in [6.07, 6.45) is 0. The number of rotatable bonds is 4. The number of aryl methyl sites for hydroxylation is 1. The molecule has 2 aromatic heterocycles. The third-order valence-electron chi connectivity index (χ3n) is 4.96. The number of aromatic nitrogens is 2. The fraction of sp³-hybridized carbons (Fsp3) is 0.333. The van der Waals surface area contributed by atoms with Crippen LogP contribution in [0.15, 0.2) is 15.7 Å². The van der Waals surface area contributed by atoms with Gasteiger partial charge in [-0.1, -0.05) is 0 Å². The predicted molar refractivity (Wildman–Crippen MR) is 109 cm³/mol. The molecule has 8 heteroatoms. The monoisotopic (exact) mass is 398 g/mol. The Kier molecular flexibility index (Phi) is 5.28. The first-order chi connectivity index (χ1) is 13.7. The number of aromatic amines is 2. The maximum absolute atomic E-state index is 12.9. The fourth-order valence-corrected chi connectivity index (χ4v) is 3.38. The summed E-state index contributed by atoms with van der Waals surface area (Å²) in [5.41, 5.74) is 1.14. The van der Waals surface area contributed by atoms with Crippen LogP contribution in [0.3, 0.4) is 0 Å². The maximum Gasteiger partial charge on any atom is 0.355 e. The lowest BCUT2D eigenvalue weighted by molar-refractivity contribution is 0.0509. The number of H-pyrrole nitrogens is 2. The zero-order valence-electron chi connectivity index (χ0n) is 16.9. The summed E-state index contributed by atoms with van der Waals surface area (Å²) in [6, 6.07) is 1.49. The van der Waals surface area contributed by atoms with Crippen molar-refractivity contribution in [3.8, 4) is 0 Å². The molecule has 2 N–H and O–H groups in total. The van der Waals surface area contributed by atoms with Gasteiger partial charge in [0.25, 0.3) is 0 Å². The van der Waals surface area contributed by atoms with Crippen molar-refractivity contribution in [2.45, 2.75) is 34.6 Å². The molecular formula is C21H22N2O6. The molecule has 0 radical (unpaired) electrons. The Labute approximate surface area is 165 Å². The van der Waals surface area contributed by atoms with E-state index in [-0.39, 0.29) is 57.4 Å². The standard InChI is InChI=1S/C21H22N2O6/c1-6-28-20(26)16-10(4)18(24)12-8-13-15(9(3)14(12)22-16)23-17(11(5)19(13)25)21(27)29-7-2/h8H,6-7H2,1-5H3,(H,22,24)(H,23,25). The highest BCUT2D eigenvalue weighted by Gasteiger charge is 2.21. The Morgan fingerprint density at radius 2 is 1.14 bits per heavy atom. The van der Waals surface area contributed by atoms with E-state index in [1.54, 1.807) is 20.8 Å². The Bertz CT molecular complexity index is 1190. The summed E-state index contributed by atoms with van der Waals surface area (Å²) >= 11 is 0. The van der Waals surface area contributed by atoms with Gasteiger partial charge in [-0.2, -0.15) is 0 Å². The van der Waals surface area contributed by atoms with Crippen LogP contribution < -0.4 is 10.9 Å². The van der Waals surface area contributed by atoms with Crippen LogP contribution in [0.25, 0.3) is 21.8 Å². The number of carbonyl (C=O) groups excluding carboxylic acids is 2. The minimum absolute atomic E-state index is 0.0619. The number of ether oxygens (including phenoxy) is 2. The van der Waals surface area contributed by atoms with Crippen LogP contribution in [0.4, 0.5) is 0 Å². The first-order valence-electron chi connectivity index (χ1n) is 9.29. The van der Waals surface area contributed by atoms with E-state index in [0.29, 0.717) is 16.6 Å². The molecule has 0 bridgehead atoms. The molecule has 29 heavy (non-hydrogen) atoms. The number of fused-ring (bicyclic) bond motifs is 2. The second kappa shape index (κ2) is 7.54. The normalized spacial score (nSPS) is 11.1. The molecule has 8 nitrogen and oxygen atoms in total. The van der Waals surface area contributed by atoms with E-state index in [9.17, 15) is 19.2 Å². The summed E-state index contributed by atoms with van der Waals surface area (Å²) in [4.78, 5) is 56.2. The van der Waals surface area contributed by atoms with Crippen molar-refractivity contribution in [2.24, 2.45) is 0 Å². The topological polar surface area (TPSA) is 118 Å². The van der Waals surface area contributed by atoms with Gasteiger partial charge in [0.1, 0.15) is 11.4 Å². The number of benzene rings is 1. The van der Waals surface area contributed by atoms with Gasteiger partial charge >= 0.3 is 11.9 Å².